The fourth-order valence-corrected chi connectivity index (χ4v) is 3.60. The number of nitrogens with zero attached hydrogens (tertiary/aromatic N) is 1. The molecular weight excluding hydrogens is 342 g/mol. The Morgan fingerprint density at radius 1 is 1.08 bits per heavy atom. The molecule has 3 rings (SSSR count). The van der Waals surface area contributed by atoms with Crippen molar-refractivity contribution in [2.45, 2.75) is 17.9 Å². The lowest BCUT2D eigenvalue weighted by Crippen LogP contribution is -2.25. The maximum Gasteiger partial charge on any atom is 0.263 e. The number of fused-ring (bicyclic) bond motifs is 1. The van der Waals surface area contributed by atoms with E-state index in [1.54, 1.807) is 18.2 Å². The first kappa shape index (κ1) is 17.1. The summed E-state index contributed by atoms with van der Waals surface area (Å²) >= 11 is 0. The molecule has 0 aromatic heterocycles. The number of carbonyl (C=O) groups is 1. The van der Waals surface area contributed by atoms with Gasteiger partial charge < -0.3 is 0 Å². The summed E-state index contributed by atoms with van der Waals surface area (Å²) in [5, 5.41) is 0. The van der Waals surface area contributed by atoms with Crippen molar-refractivity contribution in [2.75, 3.05) is 6.54 Å². The highest BCUT2D eigenvalue weighted by atomic mass is 32.2. The molecule has 0 unspecified atom stereocenters. The molecule has 1 aliphatic heterocycles. The van der Waals surface area contributed by atoms with Crippen LogP contribution in [0.1, 0.15) is 17.5 Å². The zero-order valence-electron chi connectivity index (χ0n) is 13.3. The number of sulfonamides is 1. The third-order valence-corrected chi connectivity index (χ3v) is 4.94. The Morgan fingerprint density at radius 3 is 2.60 bits per heavy atom. The summed E-state index contributed by atoms with van der Waals surface area (Å²) in [5.41, 5.74) is 3.81. The number of carbonyl (C=O) groups excluding carboxylic acids is 1. The van der Waals surface area contributed by atoms with Gasteiger partial charge in [-0.15, -0.1) is 0 Å². The normalized spacial score (nSPS) is 16.2. The summed E-state index contributed by atoms with van der Waals surface area (Å²) in [4.78, 5) is 21.2. The van der Waals surface area contributed by atoms with Gasteiger partial charge in [0, 0.05) is 12.0 Å². The average molecular weight is 359 g/mol. The van der Waals surface area contributed by atoms with E-state index in [9.17, 15) is 13.2 Å². The Hall–Kier alpha value is -2.71. The number of benzene rings is 2. The van der Waals surface area contributed by atoms with Crippen LogP contribution in [0.25, 0.3) is 0 Å². The van der Waals surface area contributed by atoms with Crippen molar-refractivity contribution in [3.63, 3.8) is 0 Å². The molecule has 1 amide bonds. The second kappa shape index (κ2) is 7.45. The number of amides is 1. The van der Waals surface area contributed by atoms with Crippen LogP contribution in [0.15, 0.2) is 64.5 Å². The molecule has 0 fully saturated rings. The predicted molar refractivity (Wildman–Crippen MR) is 92.2 cm³/mol. The molecule has 0 spiro atoms. The van der Waals surface area contributed by atoms with Crippen LogP contribution in [0.4, 0.5) is 0 Å². The highest BCUT2D eigenvalue weighted by molar-refractivity contribution is 7.90. The molecule has 0 saturated heterocycles. The molecule has 0 bridgehead atoms. The number of amidine groups is 1. The fraction of sp³-hybridized carbons (Fsp3) is 0.176. The second-order valence-electron chi connectivity index (χ2n) is 5.38. The Balaban J connectivity index is 1.49. The molecule has 2 aromatic carbocycles. The number of hydrogen-bond donors (Lipinski definition) is 2. The van der Waals surface area contributed by atoms with Gasteiger partial charge in [-0.2, -0.15) is 0 Å². The first-order chi connectivity index (χ1) is 12.1. The number of hydrogen-bond acceptors (Lipinski definition) is 5. The van der Waals surface area contributed by atoms with Crippen LogP contribution in [-0.2, 0) is 26.3 Å². The number of aliphatic imine (C=N–C) groups is 1. The van der Waals surface area contributed by atoms with Crippen LogP contribution in [0, 0.1) is 0 Å². The minimum Gasteiger partial charge on any atom is -0.273 e. The van der Waals surface area contributed by atoms with Gasteiger partial charge in [0.1, 0.15) is 5.84 Å². The molecule has 2 aromatic rings. The fourth-order valence-electron chi connectivity index (χ4n) is 2.35. The molecule has 8 heteroatoms. The van der Waals surface area contributed by atoms with Crippen molar-refractivity contribution in [2.24, 2.45) is 4.99 Å². The largest absolute Gasteiger partial charge is 0.273 e. The molecule has 2 N–H and O–H groups in total. The Kier molecular flexibility index (Phi) is 5.11. The van der Waals surface area contributed by atoms with E-state index < -0.39 is 10.0 Å². The third-order valence-electron chi connectivity index (χ3n) is 3.54. The Bertz CT molecular complexity index is 895. The van der Waals surface area contributed by atoms with Gasteiger partial charge in [0.25, 0.3) is 10.0 Å². The summed E-state index contributed by atoms with van der Waals surface area (Å²) in [7, 11) is -3.56. The van der Waals surface area contributed by atoms with E-state index in [4.69, 9.17) is 4.84 Å². The smallest absolute Gasteiger partial charge is 0.263 e. The minimum absolute atomic E-state index is 0.0855. The molecule has 1 heterocycles. The summed E-state index contributed by atoms with van der Waals surface area (Å²) in [6.45, 7) is 0.418. The molecule has 0 radical (unpaired) electrons. The topological polar surface area (TPSA) is 96.9 Å². The zero-order valence-corrected chi connectivity index (χ0v) is 14.1. The number of nitrogens with one attached hydrogen (secondary N) is 2. The van der Waals surface area contributed by atoms with Crippen LogP contribution in [0.2, 0.25) is 0 Å². The van der Waals surface area contributed by atoms with Gasteiger partial charge in [-0.05, 0) is 17.7 Å². The van der Waals surface area contributed by atoms with Crippen LogP contribution < -0.4 is 10.2 Å². The van der Waals surface area contributed by atoms with E-state index in [2.05, 4.69) is 15.2 Å². The molecule has 25 heavy (non-hydrogen) atoms. The molecule has 130 valence electrons. The number of hydroxylamine groups is 1. The molecular formula is C17H17N3O4S. The van der Waals surface area contributed by atoms with E-state index in [-0.39, 0.29) is 36.2 Å². The molecule has 7 nitrogen and oxygen atoms in total. The van der Waals surface area contributed by atoms with Crippen molar-refractivity contribution >= 4 is 21.8 Å². The lowest BCUT2D eigenvalue weighted by molar-refractivity contribution is -0.134. The van der Waals surface area contributed by atoms with Crippen LogP contribution in [0.3, 0.4) is 0 Å². The van der Waals surface area contributed by atoms with Gasteiger partial charge in [-0.3, -0.25) is 19.3 Å². The van der Waals surface area contributed by atoms with Crippen molar-refractivity contribution in [3.8, 4) is 0 Å². The zero-order chi connectivity index (χ0) is 17.7. The summed E-state index contributed by atoms with van der Waals surface area (Å²) in [6.07, 6.45) is 0.0855. The molecule has 1 aliphatic rings. The van der Waals surface area contributed by atoms with E-state index in [0.29, 0.717) is 5.56 Å². The van der Waals surface area contributed by atoms with Crippen LogP contribution in [-0.4, -0.2) is 26.7 Å². The maximum atomic E-state index is 11.9. The predicted octanol–water partition coefficient (Wildman–Crippen LogP) is 1.36. The quantitative estimate of drug-likeness (QED) is 0.761. The van der Waals surface area contributed by atoms with Gasteiger partial charge >= 0.3 is 0 Å². The van der Waals surface area contributed by atoms with Gasteiger partial charge in [0.2, 0.25) is 5.91 Å². The van der Waals surface area contributed by atoms with Crippen LogP contribution >= 0.6 is 0 Å². The van der Waals surface area contributed by atoms with Crippen LogP contribution in [0.5, 0.6) is 0 Å². The van der Waals surface area contributed by atoms with E-state index >= 15 is 0 Å². The highest BCUT2D eigenvalue weighted by Crippen LogP contribution is 2.22. The standard InChI is InChI=1S/C17H17N3O4S/c21-16(19-24-12-13-6-2-1-3-7-13)10-11-18-17-14-8-4-5-9-15(14)25(22,23)20-17/h1-9H,10-12H2,(H,18,20)(H,19,21). The Labute approximate surface area is 145 Å². The van der Waals surface area contributed by atoms with Gasteiger partial charge in [-0.1, -0.05) is 42.5 Å². The first-order valence-corrected chi connectivity index (χ1v) is 9.16. The lowest BCUT2D eigenvalue weighted by Gasteiger charge is -2.05. The molecule has 0 saturated carbocycles. The first-order valence-electron chi connectivity index (χ1n) is 7.67. The highest BCUT2D eigenvalue weighted by Gasteiger charge is 2.29. The summed E-state index contributed by atoms with van der Waals surface area (Å²) in [5.74, 6) is -0.0666. The van der Waals surface area contributed by atoms with Crippen molar-refractivity contribution in [1.82, 2.24) is 10.2 Å². The van der Waals surface area contributed by atoms with Crippen molar-refractivity contribution in [1.29, 1.82) is 0 Å². The van der Waals surface area contributed by atoms with Gasteiger partial charge in [0.15, 0.2) is 0 Å². The van der Waals surface area contributed by atoms with E-state index in [0.717, 1.165) is 5.56 Å². The van der Waals surface area contributed by atoms with Gasteiger partial charge in [-0.25, -0.2) is 13.9 Å². The summed E-state index contributed by atoms with van der Waals surface area (Å²) in [6, 6.07) is 16.0. The SMILES string of the molecule is O=C(CCN=C1NS(=O)(=O)c2ccccc21)NOCc1ccccc1. The molecule has 0 atom stereocenters. The van der Waals surface area contributed by atoms with E-state index in [1.807, 2.05) is 30.3 Å². The maximum absolute atomic E-state index is 11.9. The number of rotatable bonds is 6. The average Bonchev–Trinajstić information content (AvgIpc) is 2.87. The second-order valence-corrected chi connectivity index (χ2v) is 7.03. The van der Waals surface area contributed by atoms with Crippen molar-refractivity contribution in [3.05, 3.63) is 65.7 Å². The lowest BCUT2D eigenvalue weighted by atomic mass is 10.2. The Morgan fingerprint density at radius 2 is 1.80 bits per heavy atom. The van der Waals surface area contributed by atoms with Gasteiger partial charge in [0.05, 0.1) is 18.0 Å². The third kappa shape index (κ3) is 4.23. The monoisotopic (exact) mass is 359 g/mol. The summed E-state index contributed by atoms with van der Waals surface area (Å²) < 4.78 is 26.3. The van der Waals surface area contributed by atoms with E-state index in [1.165, 1.54) is 6.07 Å². The van der Waals surface area contributed by atoms with Crippen molar-refractivity contribution < 1.29 is 18.0 Å². The minimum atomic E-state index is -3.56. The molecule has 0 aliphatic carbocycles.